The Morgan fingerprint density at radius 1 is 1.18 bits per heavy atom. The van der Waals surface area contributed by atoms with Crippen molar-refractivity contribution in [2.24, 2.45) is 0 Å². The molecule has 0 amide bonds. The fourth-order valence-corrected chi connectivity index (χ4v) is 1.54. The molecule has 17 heavy (non-hydrogen) atoms. The van der Waals surface area contributed by atoms with Gasteiger partial charge in [-0.05, 0) is 35.9 Å². The summed E-state index contributed by atoms with van der Waals surface area (Å²) in [6.07, 6.45) is 0. The van der Waals surface area contributed by atoms with Crippen molar-refractivity contribution in [2.75, 3.05) is 11.1 Å². The van der Waals surface area contributed by atoms with Gasteiger partial charge in [-0.2, -0.15) is 0 Å². The van der Waals surface area contributed by atoms with Crippen LogP contribution in [0.3, 0.4) is 0 Å². The lowest BCUT2D eigenvalue weighted by Crippen LogP contribution is -2.02. The first-order chi connectivity index (χ1) is 8.15. The quantitative estimate of drug-likeness (QED) is 0.713. The van der Waals surface area contributed by atoms with Crippen LogP contribution in [0.2, 0.25) is 0 Å². The SMILES string of the molecule is Nc1ccc(F)c(NCc2cccc(O)c2)c1. The Morgan fingerprint density at radius 3 is 2.76 bits per heavy atom. The van der Waals surface area contributed by atoms with Crippen molar-refractivity contribution in [3.05, 3.63) is 53.8 Å². The van der Waals surface area contributed by atoms with E-state index in [1.165, 1.54) is 18.2 Å². The van der Waals surface area contributed by atoms with Crippen molar-refractivity contribution in [1.82, 2.24) is 0 Å². The third-order valence-corrected chi connectivity index (χ3v) is 2.38. The van der Waals surface area contributed by atoms with E-state index in [0.29, 0.717) is 17.9 Å². The highest BCUT2D eigenvalue weighted by Crippen LogP contribution is 2.19. The molecule has 3 nitrogen and oxygen atoms in total. The molecule has 4 heteroatoms. The number of nitrogen functional groups attached to an aromatic ring is 1. The fraction of sp³-hybridized carbons (Fsp3) is 0.0769. The number of anilines is 2. The maximum atomic E-state index is 13.4. The van der Waals surface area contributed by atoms with Gasteiger partial charge in [0.05, 0.1) is 5.69 Å². The summed E-state index contributed by atoms with van der Waals surface area (Å²) >= 11 is 0. The highest BCUT2D eigenvalue weighted by molar-refractivity contribution is 5.55. The lowest BCUT2D eigenvalue weighted by Gasteiger charge is -2.08. The Bertz CT molecular complexity index is 529. The second-order valence-electron chi connectivity index (χ2n) is 3.76. The number of benzene rings is 2. The topological polar surface area (TPSA) is 58.3 Å². The normalized spacial score (nSPS) is 10.2. The van der Waals surface area contributed by atoms with Crippen molar-refractivity contribution < 1.29 is 9.50 Å². The monoisotopic (exact) mass is 232 g/mol. The highest BCUT2D eigenvalue weighted by Gasteiger charge is 2.02. The van der Waals surface area contributed by atoms with Crippen LogP contribution in [0.25, 0.3) is 0 Å². The number of nitrogens with two attached hydrogens (primary N) is 1. The summed E-state index contributed by atoms with van der Waals surface area (Å²) in [5, 5.41) is 12.2. The van der Waals surface area contributed by atoms with Crippen LogP contribution in [0.1, 0.15) is 5.56 Å². The van der Waals surface area contributed by atoms with Crippen LogP contribution in [0, 0.1) is 5.82 Å². The average molecular weight is 232 g/mol. The average Bonchev–Trinajstić information content (AvgIpc) is 2.30. The van der Waals surface area contributed by atoms with E-state index in [-0.39, 0.29) is 11.6 Å². The molecule has 0 aliphatic carbocycles. The zero-order valence-corrected chi connectivity index (χ0v) is 9.15. The molecule has 88 valence electrons. The summed E-state index contributed by atoms with van der Waals surface area (Å²) in [5.41, 5.74) is 7.30. The van der Waals surface area contributed by atoms with Crippen LogP contribution < -0.4 is 11.1 Å². The molecule has 0 aromatic heterocycles. The maximum absolute atomic E-state index is 13.4. The van der Waals surface area contributed by atoms with Gasteiger partial charge >= 0.3 is 0 Å². The third kappa shape index (κ3) is 2.87. The number of aromatic hydroxyl groups is 1. The third-order valence-electron chi connectivity index (χ3n) is 2.38. The molecule has 4 N–H and O–H groups in total. The van der Waals surface area contributed by atoms with E-state index >= 15 is 0 Å². The number of halogens is 1. The largest absolute Gasteiger partial charge is 0.508 e. The van der Waals surface area contributed by atoms with Gasteiger partial charge in [0, 0.05) is 12.2 Å². The number of hydrogen-bond donors (Lipinski definition) is 3. The number of phenolic OH excluding ortho intramolecular Hbond substituents is 1. The first-order valence-corrected chi connectivity index (χ1v) is 5.22. The van der Waals surface area contributed by atoms with Crippen LogP contribution in [0.15, 0.2) is 42.5 Å². The predicted octanol–water partition coefficient (Wildman–Crippen LogP) is 2.73. The molecule has 0 fully saturated rings. The van der Waals surface area contributed by atoms with Gasteiger partial charge in [-0.15, -0.1) is 0 Å². The van der Waals surface area contributed by atoms with Crippen LogP contribution in [-0.4, -0.2) is 5.11 Å². The molecule has 0 saturated heterocycles. The van der Waals surface area contributed by atoms with Crippen molar-refractivity contribution in [1.29, 1.82) is 0 Å². The molecule has 0 spiro atoms. The van der Waals surface area contributed by atoms with Crippen molar-refractivity contribution >= 4 is 11.4 Å². The molecule has 0 aliphatic rings. The lowest BCUT2D eigenvalue weighted by molar-refractivity contribution is 0.474. The summed E-state index contributed by atoms with van der Waals surface area (Å²) in [5.74, 6) is -0.156. The Labute approximate surface area is 98.7 Å². The van der Waals surface area contributed by atoms with Crippen LogP contribution in [-0.2, 0) is 6.54 Å². The van der Waals surface area contributed by atoms with Crippen molar-refractivity contribution in [3.63, 3.8) is 0 Å². The van der Waals surface area contributed by atoms with E-state index < -0.39 is 0 Å². The highest BCUT2D eigenvalue weighted by atomic mass is 19.1. The number of phenols is 1. The first-order valence-electron chi connectivity index (χ1n) is 5.22. The standard InChI is InChI=1S/C13H13FN2O/c14-12-5-4-10(15)7-13(12)16-8-9-2-1-3-11(17)6-9/h1-7,16-17H,8,15H2. The van der Waals surface area contributed by atoms with Crippen LogP contribution >= 0.6 is 0 Å². The number of rotatable bonds is 3. The summed E-state index contributed by atoms with van der Waals surface area (Å²) in [7, 11) is 0. The Balaban J connectivity index is 2.09. The molecule has 0 heterocycles. The van der Waals surface area contributed by atoms with E-state index in [1.54, 1.807) is 18.2 Å². The van der Waals surface area contributed by atoms with E-state index in [1.807, 2.05) is 6.07 Å². The summed E-state index contributed by atoms with van der Waals surface area (Å²) in [6.45, 7) is 0.425. The Kier molecular flexibility index (Phi) is 3.14. The van der Waals surface area contributed by atoms with E-state index in [0.717, 1.165) is 5.56 Å². The molecule has 0 aliphatic heterocycles. The summed E-state index contributed by atoms with van der Waals surface area (Å²) in [4.78, 5) is 0. The molecular weight excluding hydrogens is 219 g/mol. The van der Waals surface area contributed by atoms with Crippen molar-refractivity contribution in [3.8, 4) is 5.75 Å². The Morgan fingerprint density at radius 2 is 2.00 bits per heavy atom. The van der Waals surface area contributed by atoms with Gasteiger partial charge in [0.15, 0.2) is 0 Å². The van der Waals surface area contributed by atoms with E-state index in [2.05, 4.69) is 5.32 Å². The molecule has 0 bridgehead atoms. The zero-order valence-electron chi connectivity index (χ0n) is 9.15. The second kappa shape index (κ2) is 4.74. The van der Waals surface area contributed by atoms with Gasteiger partial charge in [-0.1, -0.05) is 12.1 Å². The molecule has 0 unspecified atom stereocenters. The zero-order chi connectivity index (χ0) is 12.3. The van der Waals surface area contributed by atoms with Crippen LogP contribution in [0.4, 0.5) is 15.8 Å². The van der Waals surface area contributed by atoms with E-state index in [4.69, 9.17) is 5.73 Å². The summed E-state index contributed by atoms with van der Waals surface area (Å²) < 4.78 is 13.4. The van der Waals surface area contributed by atoms with Crippen LogP contribution in [0.5, 0.6) is 5.75 Å². The van der Waals surface area contributed by atoms with Gasteiger partial charge in [0.2, 0.25) is 0 Å². The molecule has 0 saturated carbocycles. The molecular formula is C13H13FN2O. The molecule has 2 aromatic rings. The minimum Gasteiger partial charge on any atom is -0.508 e. The van der Waals surface area contributed by atoms with Gasteiger partial charge in [-0.3, -0.25) is 0 Å². The Hall–Kier alpha value is -2.23. The predicted molar refractivity (Wildman–Crippen MR) is 66.2 cm³/mol. The van der Waals surface area contributed by atoms with Gasteiger partial charge in [0.25, 0.3) is 0 Å². The molecule has 0 atom stereocenters. The number of nitrogens with one attached hydrogen (secondary N) is 1. The van der Waals surface area contributed by atoms with Gasteiger partial charge in [0.1, 0.15) is 11.6 Å². The van der Waals surface area contributed by atoms with Crippen molar-refractivity contribution in [2.45, 2.75) is 6.54 Å². The second-order valence-corrected chi connectivity index (χ2v) is 3.76. The fourth-order valence-electron chi connectivity index (χ4n) is 1.54. The minimum atomic E-state index is -0.348. The minimum absolute atomic E-state index is 0.192. The maximum Gasteiger partial charge on any atom is 0.146 e. The smallest absolute Gasteiger partial charge is 0.146 e. The molecule has 2 aromatic carbocycles. The van der Waals surface area contributed by atoms with E-state index in [9.17, 15) is 9.50 Å². The molecule has 0 radical (unpaired) electrons. The van der Waals surface area contributed by atoms with Gasteiger partial charge in [-0.25, -0.2) is 4.39 Å². The first kappa shape index (κ1) is 11.3. The number of hydrogen-bond acceptors (Lipinski definition) is 3. The lowest BCUT2D eigenvalue weighted by atomic mass is 10.2. The summed E-state index contributed by atoms with van der Waals surface area (Å²) in [6, 6.07) is 11.2. The van der Waals surface area contributed by atoms with Gasteiger partial charge < -0.3 is 16.2 Å². The molecule has 2 rings (SSSR count).